The van der Waals surface area contributed by atoms with Crippen molar-refractivity contribution in [2.45, 2.75) is 69.4 Å². The first-order valence-electron chi connectivity index (χ1n) is 10.2. The van der Waals surface area contributed by atoms with Crippen LogP contribution in [0.25, 0.3) is 0 Å². The highest BCUT2D eigenvalue weighted by Crippen LogP contribution is 2.34. The number of aryl methyl sites for hydroxylation is 1. The summed E-state index contributed by atoms with van der Waals surface area (Å²) < 4.78 is 52.5. The zero-order chi connectivity index (χ0) is 24.8. The molecule has 0 N–H and O–H groups in total. The van der Waals surface area contributed by atoms with Crippen molar-refractivity contribution in [1.29, 1.82) is 0 Å². The molecule has 5 atom stereocenters. The Hall–Kier alpha value is -2.15. The average Bonchev–Trinajstić information content (AvgIpc) is 2.70. The van der Waals surface area contributed by atoms with E-state index in [2.05, 4.69) is 0 Å². The van der Waals surface area contributed by atoms with Gasteiger partial charge in [-0.1, -0.05) is 24.6 Å². The van der Waals surface area contributed by atoms with Crippen LogP contribution in [0, 0.1) is 6.92 Å². The van der Waals surface area contributed by atoms with Crippen molar-refractivity contribution in [1.82, 2.24) is 0 Å². The van der Waals surface area contributed by atoms with Crippen molar-refractivity contribution in [2.75, 3.05) is 12.4 Å². The van der Waals surface area contributed by atoms with Gasteiger partial charge in [-0.3, -0.25) is 18.6 Å². The first-order valence-corrected chi connectivity index (χ1v) is 12.6. The number of hydrogen-bond donors (Lipinski definition) is 0. The van der Waals surface area contributed by atoms with Crippen LogP contribution in [-0.4, -0.2) is 68.5 Å². The molecule has 10 nitrogen and oxygen atoms in total. The van der Waals surface area contributed by atoms with Crippen LogP contribution < -0.4 is 0 Å². The number of ether oxygens (including phenoxy) is 4. The van der Waals surface area contributed by atoms with E-state index in [-0.39, 0.29) is 4.90 Å². The monoisotopic (exact) mass is 504 g/mol. The molecule has 0 saturated carbocycles. The number of hydrogen-bond acceptors (Lipinski definition) is 11. The van der Waals surface area contributed by atoms with Gasteiger partial charge >= 0.3 is 17.9 Å². The highest BCUT2D eigenvalue weighted by atomic mass is 32.2. The average molecular weight is 505 g/mol. The molecule has 0 spiro atoms. The Morgan fingerprint density at radius 1 is 0.909 bits per heavy atom. The molecule has 0 amide bonds. The molecule has 184 valence electrons. The zero-order valence-corrected chi connectivity index (χ0v) is 20.6. The maximum Gasteiger partial charge on any atom is 0.303 e. The molecule has 1 saturated heterocycles. The second-order valence-electron chi connectivity index (χ2n) is 7.27. The normalized spacial score (nSPS) is 25.2. The molecule has 1 aromatic carbocycles. The van der Waals surface area contributed by atoms with Crippen molar-refractivity contribution in [3.8, 4) is 0 Å². The van der Waals surface area contributed by atoms with Gasteiger partial charge in [-0.05, 0) is 24.8 Å². The summed E-state index contributed by atoms with van der Waals surface area (Å²) in [6.45, 7) is 6.60. The molecule has 1 aromatic rings. The van der Waals surface area contributed by atoms with Crippen molar-refractivity contribution >= 4 is 39.8 Å². The van der Waals surface area contributed by atoms with Crippen LogP contribution in [0.1, 0.15) is 33.3 Å². The number of carbonyl (C=O) groups is 3. The summed E-state index contributed by atoms with van der Waals surface area (Å²) in [5.41, 5.74) is 0.0467. The Morgan fingerprint density at radius 3 is 1.94 bits per heavy atom. The van der Waals surface area contributed by atoms with Crippen LogP contribution in [0.2, 0.25) is 0 Å². The van der Waals surface area contributed by atoms with Gasteiger partial charge in [0.15, 0.2) is 18.3 Å². The maximum atomic E-state index is 12.6. The fourth-order valence-electron chi connectivity index (χ4n) is 3.22. The maximum absolute atomic E-state index is 12.6. The standard InChI is InChI=1S/C21H28O10S2/c1-6-32-21-20(30-15(5)24)19(29-14(4)23)18(28-13(3)22)17(31-21)11-27-33(25,26)16-9-7-12(2)8-10-16/h7-10,17-21H,6,11H2,1-5H3/t17-,18-,19+,20-,21+/m1/s1. The molecule has 1 heterocycles. The second-order valence-corrected chi connectivity index (χ2v) is 10.3. The Balaban J connectivity index is 2.36. The second kappa shape index (κ2) is 11.8. The predicted octanol–water partition coefficient (Wildman–Crippen LogP) is 1.97. The van der Waals surface area contributed by atoms with E-state index in [1.807, 2.05) is 13.8 Å². The summed E-state index contributed by atoms with van der Waals surface area (Å²) >= 11 is 1.25. The molecule has 0 aromatic heterocycles. The van der Waals surface area contributed by atoms with Crippen molar-refractivity contribution in [2.24, 2.45) is 0 Å². The summed E-state index contributed by atoms with van der Waals surface area (Å²) in [5.74, 6) is -1.54. The zero-order valence-electron chi connectivity index (χ0n) is 19.0. The molecule has 33 heavy (non-hydrogen) atoms. The Bertz CT molecular complexity index is 944. The number of thioether (sulfide) groups is 1. The van der Waals surface area contributed by atoms with Gasteiger partial charge in [-0.2, -0.15) is 8.42 Å². The fourth-order valence-corrected chi connectivity index (χ4v) is 5.09. The first kappa shape index (κ1) is 27.1. The molecule has 0 bridgehead atoms. The van der Waals surface area contributed by atoms with Gasteiger partial charge in [0.2, 0.25) is 0 Å². The lowest BCUT2D eigenvalue weighted by atomic mass is 9.99. The van der Waals surface area contributed by atoms with E-state index >= 15 is 0 Å². The minimum Gasteiger partial charge on any atom is -0.456 e. The van der Waals surface area contributed by atoms with E-state index in [0.717, 1.165) is 19.4 Å². The first-order chi connectivity index (χ1) is 15.4. The highest BCUT2D eigenvalue weighted by Gasteiger charge is 2.52. The SMILES string of the molecule is CCS[C@@H]1O[C@H](COS(=O)(=O)c2ccc(C)cc2)[C@@H](OC(C)=O)[C@H](OC(C)=O)[C@H]1OC(C)=O. The number of benzene rings is 1. The lowest BCUT2D eigenvalue weighted by Crippen LogP contribution is -2.61. The van der Waals surface area contributed by atoms with Gasteiger partial charge in [0.1, 0.15) is 11.5 Å². The van der Waals surface area contributed by atoms with Crippen LogP contribution in [0.15, 0.2) is 29.2 Å². The van der Waals surface area contributed by atoms with E-state index in [1.54, 1.807) is 12.1 Å². The van der Waals surface area contributed by atoms with Crippen LogP contribution in [0.4, 0.5) is 0 Å². The summed E-state index contributed by atoms with van der Waals surface area (Å²) in [5, 5.41) is 0. The van der Waals surface area contributed by atoms with E-state index in [1.165, 1.54) is 30.8 Å². The van der Waals surface area contributed by atoms with E-state index in [0.29, 0.717) is 5.75 Å². The Morgan fingerprint density at radius 2 is 1.42 bits per heavy atom. The van der Waals surface area contributed by atoms with Crippen LogP contribution in [0.3, 0.4) is 0 Å². The third-order valence-corrected chi connectivity index (χ3v) is 6.86. The molecule has 1 fully saturated rings. The third kappa shape index (κ3) is 7.70. The van der Waals surface area contributed by atoms with Gasteiger partial charge in [0.05, 0.1) is 11.5 Å². The van der Waals surface area contributed by atoms with E-state index in [4.69, 9.17) is 23.1 Å². The number of rotatable bonds is 9. The molecule has 1 aliphatic rings. The van der Waals surface area contributed by atoms with Gasteiger partial charge < -0.3 is 18.9 Å². The lowest BCUT2D eigenvalue weighted by molar-refractivity contribution is -0.234. The van der Waals surface area contributed by atoms with Gasteiger partial charge in [0, 0.05) is 20.8 Å². The largest absolute Gasteiger partial charge is 0.456 e. The van der Waals surface area contributed by atoms with Crippen LogP contribution in [-0.2, 0) is 47.6 Å². The van der Waals surface area contributed by atoms with Gasteiger partial charge in [-0.25, -0.2) is 0 Å². The topological polar surface area (TPSA) is 132 Å². The van der Waals surface area contributed by atoms with Gasteiger partial charge in [-0.15, -0.1) is 11.8 Å². The fraction of sp³-hybridized carbons (Fsp3) is 0.571. The predicted molar refractivity (Wildman–Crippen MR) is 118 cm³/mol. The Labute approximate surface area is 197 Å². The van der Waals surface area contributed by atoms with Crippen molar-refractivity contribution in [3.05, 3.63) is 29.8 Å². The smallest absolute Gasteiger partial charge is 0.303 e. The lowest BCUT2D eigenvalue weighted by Gasteiger charge is -2.44. The minimum absolute atomic E-state index is 0.0539. The van der Waals surface area contributed by atoms with Gasteiger partial charge in [0.25, 0.3) is 10.1 Å². The summed E-state index contributed by atoms with van der Waals surface area (Å²) in [4.78, 5) is 35.2. The molecular weight excluding hydrogens is 476 g/mol. The van der Waals surface area contributed by atoms with E-state index in [9.17, 15) is 22.8 Å². The molecule has 2 rings (SSSR count). The molecule has 0 unspecified atom stereocenters. The quantitative estimate of drug-likeness (QED) is 0.278. The summed E-state index contributed by atoms with van der Waals surface area (Å²) in [6, 6.07) is 6.07. The summed E-state index contributed by atoms with van der Waals surface area (Å²) in [6.07, 6.45) is -4.73. The molecule has 1 aliphatic heterocycles. The van der Waals surface area contributed by atoms with Crippen LogP contribution >= 0.6 is 11.8 Å². The van der Waals surface area contributed by atoms with Crippen molar-refractivity contribution in [3.63, 3.8) is 0 Å². The Kier molecular flexibility index (Phi) is 9.70. The highest BCUT2D eigenvalue weighted by molar-refractivity contribution is 7.99. The minimum atomic E-state index is -4.15. The molecule has 0 aliphatic carbocycles. The number of esters is 3. The molecule has 12 heteroatoms. The summed E-state index contributed by atoms with van der Waals surface area (Å²) in [7, 11) is -4.15. The number of carbonyl (C=O) groups excluding carboxylic acids is 3. The van der Waals surface area contributed by atoms with Crippen LogP contribution in [0.5, 0.6) is 0 Å². The molecule has 0 radical (unpaired) electrons. The van der Waals surface area contributed by atoms with E-state index < -0.39 is 64.5 Å². The molecular formula is C21H28O10S2. The third-order valence-electron chi connectivity index (χ3n) is 4.53. The van der Waals surface area contributed by atoms with Crippen molar-refractivity contribution < 1.29 is 45.9 Å².